The normalized spacial score (nSPS) is 16.1. The summed E-state index contributed by atoms with van der Waals surface area (Å²) in [4.78, 5) is 33.2. The molecule has 1 amide bonds. The van der Waals surface area contributed by atoms with Crippen LogP contribution in [0.3, 0.4) is 0 Å². The van der Waals surface area contributed by atoms with E-state index in [2.05, 4.69) is 29.4 Å². The van der Waals surface area contributed by atoms with Gasteiger partial charge in [-0.25, -0.2) is 9.97 Å². The van der Waals surface area contributed by atoms with Gasteiger partial charge in [0.25, 0.3) is 5.24 Å². The van der Waals surface area contributed by atoms with Gasteiger partial charge in [-0.3, -0.25) is 9.59 Å². The Hall–Kier alpha value is -2.71. The van der Waals surface area contributed by atoms with E-state index in [1.807, 2.05) is 24.3 Å². The first-order valence-corrected chi connectivity index (χ1v) is 10.8. The van der Waals surface area contributed by atoms with Crippen LogP contribution in [0.1, 0.15) is 16.1 Å². The first kappa shape index (κ1) is 19.6. The van der Waals surface area contributed by atoms with Crippen molar-refractivity contribution in [1.29, 1.82) is 0 Å². The zero-order chi connectivity index (χ0) is 20.2. The van der Waals surface area contributed by atoms with Gasteiger partial charge < -0.3 is 10.1 Å². The minimum Gasteiger partial charge on any atom is -0.477 e. The molecular formula is C21H19N3O3S2. The molecule has 0 saturated carbocycles. The molecule has 0 bridgehead atoms. The molecule has 3 heterocycles. The van der Waals surface area contributed by atoms with E-state index < -0.39 is 6.04 Å². The maximum absolute atomic E-state index is 11.7. The molecule has 148 valence electrons. The number of benzene rings is 1. The van der Waals surface area contributed by atoms with Gasteiger partial charge in [0, 0.05) is 47.3 Å². The molecule has 6 nitrogen and oxygen atoms in total. The summed E-state index contributed by atoms with van der Waals surface area (Å²) in [5.41, 5.74) is 3.04. The summed E-state index contributed by atoms with van der Waals surface area (Å²) in [5, 5.41) is 3.23. The Morgan fingerprint density at radius 3 is 2.66 bits per heavy atom. The van der Waals surface area contributed by atoms with Crippen molar-refractivity contribution in [2.45, 2.75) is 25.8 Å². The number of pyridine rings is 1. The fraction of sp³-hybridized carbons (Fsp3) is 0.238. The molecule has 29 heavy (non-hydrogen) atoms. The summed E-state index contributed by atoms with van der Waals surface area (Å²) in [6.07, 6.45) is 2.82. The molecule has 1 saturated heterocycles. The van der Waals surface area contributed by atoms with E-state index in [-0.39, 0.29) is 10.4 Å². The number of carbonyl (C=O) groups is 2. The molecule has 1 aliphatic heterocycles. The number of carbonyl (C=O) groups excluding carboxylic acids is 2. The predicted molar refractivity (Wildman–Crippen MR) is 114 cm³/mol. The molecule has 1 atom stereocenters. The highest BCUT2D eigenvalue weighted by Gasteiger charge is 2.31. The fourth-order valence-corrected chi connectivity index (χ4v) is 4.63. The Balaban J connectivity index is 1.30. The zero-order valence-electron chi connectivity index (χ0n) is 15.8. The molecule has 0 aliphatic carbocycles. The van der Waals surface area contributed by atoms with Gasteiger partial charge in [0.05, 0.1) is 12.3 Å². The Kier molecular flexibility index (Phi) is 5.92. The van der Waals surface area contributed by atoms with E-state index in [4.69, 9.17) is 9.72 Å². The molecule has 2 aromatic heterocycles. The highest BCUT2D eigenvalue weighted by atomic mass is 32.2. The number of hydrogen-bond donors (Lipinski definition) is 1. The highest BCUT2D eigenvalue weighted by molar-refractivity contribution is 8.26. The van der Waals surface area contributed by atoms with Crippen molar-refractivity contribution in [3.63, 3.8) is 0 Å². The van der Waals surface area contributed by atoms with Crippen LogP contribution in [0.5, 0.6) is 5.88 Å². The Morgan fingerprint density at radius 1 is 1.14 bits per heavy atom. The van der Waals surface area contributed by atoms with Crippen molar-refractivity contribution in [2.75, 3.05) is 6.61 Å². The third-order valence-corrected chi connectivity index (χ3v) is 6.36. The van der Waals surface area contributed by atoms with Gasteiger partial charge in [0.15, 0.2) is 0 Å². The lowest BCUT2D eigenvalue weighted by Crippen LogP contribution is -2.30. The summed E-state index contributed by atoms with van der Waals surface area (Å²) in [6, 6.07) is 13.3. The molecule has 8 heteroatoms. The first-order chi connectivity index (χ1) is 14.1. The first-order valence-electron chi connectivity index (χ1n) is 9.20. The minimum atomic E-state index is -0.479. The monoisotopic (exact) mass is 425 g/mol. The van der Waals surface area contributed by atoms with Gasteiger partial charge in [-0.15, -0.1) is 11.3 Å². The number of aromatic nitrogens is 2. The van der Waals surface area contributed by atoms with Gasteiger partial charge in [0.2, 0.25) is 11.0 Å². The van der Waals surface area contributed by atoms with E-state index in [0.717, 1.165) is 33.6 Å². The fourth-order valence-electron chi connectivity index (χ4n) is 3.00. The van der Waals surface area contributed by atoms with Crippen LogP contribution in [-0.2, 0) is 17.6 Å². The number of nitrogens with zero attached hydrogens (tertiary/aromatic N) is 2. The van der Waals surface area contributed by atoms with Crippen LogP contribution >= 0.6 is 23.1 Å². The summed E-state index contributed by atoms with van der Waals surface area (Å²) >= 11 is 2.41. The van der Waals surface area contributed by atoms with Crippen molar-refractivity contribution in [3.8, 4) is 16.5 Å². The molecule has 1 fully saturated rings. The van der Waals surface area contributed by atoms with Crippen LogP contribution in [-0.4, -0.2) is 33.0 Å². The zero-order valence-corrected chi connectivity index (χ0v) is 17.4. The number of rotatable bonds is 7. The molecule has 1 aliphatic rings. The van der Waals surface area contributed by atoms with Crippen LogP contribution in [0.2, 0.25) is 0 Å². The number of thiazole rings is 1. The van der Waals surface area contributed by atoms with Gasteiger partial charge in [-0.05, 0) is 12.5 Å². The molecule has 1 N–H and O–H groups in total. The Morgan fingerprint density at radius 2 is 1.97 bits per heavy atom. The average molecular weight is 426 g/mol. The third kappa shape index (κ3) is 4.83. The van der Waals surface area contributed by atoms with E-state index in [0.29, 0.717) is 25.3 Å². The number of ether oxygens (including phenoxy) is 1. The highest BCUT2D eigenvalue weighted by Crippen LogP contribution is 2.27. The SMILES string of the molecule is Cc1sc(-c2ccccc2)nc1CCOc1ccc(CC2NC(=O)SC2=O)cn1. The Labute approximate surface area is 176 Å². The number of nitrogens with one attached hydrogen (secondary N) is 1. The van der Waals surface area contributed by atoms with Crippen molar-refractivity contribution < 1.29 is 14.3 Å². The van der Waals surface area contributed by atoms with E-state index in [1.165, 1.54) is 4.88 Å². The topological polar surface area (TPSA) is 81.2 Å². The molecular weight excluding hydrogens is 406 g/mol. The van der Waals surface area contributed by atoms with Crippen LogP contribution in [0.25, 0.3) is 10.6 Å². The maximum Gasteiger partial charge on any atom is 0.287 e. The lowest BCUT2D eigenvalue weighted by atomic mass is 10.1. The average Bonchev–Trinajstić information content (AvgIpc) is 3.25. The van der Waals surface area contributed by atoms with E-state index >= 15 is 0 Å². The molecule has 0 spiro atoms. The molecule has 1 aromatic carbocycles. The number of amides is 1. The van der Waals surface area contributed by atoms with Gasteiger partial charge in [-0.1, -0.05) is 36.4 Å². The Bertz CT molecular complexity index is 1020. The lowest BCUT2D eigenvalue weighted by molar-refractivity contribution is -0.112. The molecule has 1 unspecified atom stereocenters. The van der Waals surface area contributed by atoms with Crippen molar-refractivity contribution in [2.24, 2.45) is 0 Å². The smallest absolute Gasteiger partial charge is 0.287 e. The van der Waals surface area contributed by atoms with Crippen molar-refractivity contribution in [1.82, 2.24) is 15.3 Å². The van der Waals surface area contributed by atoms with Gasteiger partial charge >= 0.3 is 0 Å². The lowest BCUT2D eigenvalue weighted by Gasteiger charge is -2.09. The van der Waals surface area contributed by atoms with Crippen LogP contribution in [0.4, 0.5) is 4.79 Å². The third-order valence-electron chi connectivity index (χ3n) is 4.51. The van der Waals surface area contributed by atoms with E-state index in [1.54, 1.807) is 23.6 Å². The summed E-state index contributed by atoms with van der Waals surface area (Å²) < 4.78 is 5.76. The number of aryl methyl sites for hydroxylation is 1. The van der Waals surface area contributed by atoms with Crippen LogP contribution in [0.15, 0.2) is 48.7 Å². The van der Waals surface area contributed by atoms with Crippen molar-refractivity contribution >= 4 is 33.5 Å². The summed E-state index contributed by atoms with van der Waals surface area (Å²) in [6.45, 7) is 2.56. The van der Waals surface area contributed by atoms with Crippen LogP contribution in [0, 0.1) is 6.92 Å². The standard InChI is InChI=1S/C21H19N3O3S2/c1-13-16(23-19(28-13)15-5-3-2-4-6-15)9-10-27-18-8-7-14(12-22-18)11-17-20(25)29-21(26)24-17/h2-8,12,17H,9-11H2,1H3,(H,24,26). The maximum atomic E-state index is 11.7. The second-order valence-electron chi connectivity index (χ2n) is 6.60. The van der Waals surface area contributed by atoms with Crippen LogP contribution < -0.4 is 10.1 Å². The number of thioether (sulfide) groups is 1. The van der Waals surface area contributed by atoms with Crippen molar-refractivity contribution in [3.05, 3.63) is 64.8 Å². The van der Waals surface area contributed by atoms with Gasteiger partial charge in [-0.2, -0.15) is 0 Å². The van der Waals surface area contributed by atoms with Gasteiger partial charge in [0.1, 0.15) is 11.0 Å². The minimum absolute atomic E-state index is 0.149. The summed E-state index contributed by atoms with van der Waals surface area (Å²) in [5.74, 6) is 0.529. The predicted octanol–water partition coefficient (Wildman–Crippen LogP) is 4.03. The summed E-state index contributed by atoms with van der Waals surface area (Å²) in [7, 11) is 0. The largest absolute Gasteiger partial charge is 0.477 e. The second-order valence-corrected chi connectivity index (χ2v) is 8.78. The number of hydrogen-bond acceptors (Lipinski definition) is 7. The molecule has 3 aromatic rings. The quantitative estimate of drug-likeness (QED) is 0.616. The second kappa shape index (κ2) is 8.75. The molecule has 0 radical (unpaired) electrons. The molecule has 4 rings (SSSR count). The van der Waals surface area contributed by atoms with E-state index in [9.17, 15) is 9.59 Å².